The van der Waals surface area contributed by atoms with E-state index in [1.54, 1.807) is 30.2 Å². The van der Waals surface area contributed by atoms with Gasteiger partial charge in [-0.15, -0.1) is 0 Å². The number of fused-ring (bicyclic) bond motifs is 1. The summed E-state index contributed by atoms with van der Waals surface area (Å²) in [6, 6.07) is 30.0. The lowest BCUT2D eigenvalue weighted by Gasteiger charge is -2.19. The number of hydrogen-bond donors (Lipinski definition) is 0. The molecular weight excluding hydrogens is 486 g/mol. The molecule has 4 aromatic rings. The lowest BCUT2D eigenvalue weighted by atomic mass is 9.89. The van der Waals surface area contributed by atoms with E-state index in [9.17, 15) is 9.59 Å². The van der Waals surface area contributed by atoms with Gasteiger partial charge in [-0.25, -0.2) is 4.79 Å². The standard InChI is InChI=1S/C31H24ClNO4/c1-36-27-13-6-4-11-25(27)28(21-14-16-23(32)17-15-21)29-24-10-3-5-12-26(24)33(30(29)34)19-20-8-7-9-22(18-20)31(35)37-2/h3-18H,19H2,1-2H3. The van der Waals surface area contributed by atoms with Crippen LogP contribution in [0.3, 0.4) is 0 Å². The van der Waals surface area contributed by atoms with E-state index in [0.717, 1.165) is 33.5 Å². The molecule has 0 bridgehead atoms. The molecule has 184 valence electrons. The van der Waals surface area contributed by atoms with E-state index >= 15 is 0 Å². The highest BCUT2D eigenvalue weighted by atomic mass is 35.5. The largest absolute Gasteiger partial charge is 0.496 e. The van der Waals surface area contributed by atoms with Crippen molar-refractivity contribution in [3.05, 3.63) is 130 Å². The zero-order valence-corrected chi connectivity index (χ0v) is 21.2. The molecule has 0 saturated carbocycles. The van der Waals surface area contributed by atoms with Crippen molar-refractivity contribution >= 4 is 40.3 Å². The third kappa shape index (κ3) is 4.61. The first kappa shape index (κ1) is 24.3. The van der Waals surface area contributed by atoms with Crippen LogP contribution >= 0.6 is 11.6 Å². The van der Waals surface area contributed by atoms with Crippen LogP contribution in [0.1, 0.15) is 32.6 Å². The number of benzene rings is 4. The highest BCUT2D eigenvalue weighted by Crippen LogP contribution is 2.45. The van der Waals surface area contributed by atoms with Gasteiger partial charge in [-0.3, -0.25) is 4.79 Å². The number of amides is 1. The Kier molecular flexibility index (Phi) is 6.80. The Hall–Kier alpha value is -4.35. The lowest BCUT2D eigenvalue weighted by molar-refractivity contribution is -0.113. The molecule has 5 rings (SSSR count). The van der Waals surface area contributed by atoms with E-state index in [0.29, 0.717) is 28.5 Å². The second-order valence-electron chi connectivity index (χ2n) is 8.56. The topological polar surface area (TPSA) is 55.8 Å². The number of nitrogens with zero attached hydrogens (tertiary/aromatic N) is 1. The van der Waals surface area contributed by atoms with Gasteiger partial charge in [-0.1, -0.05) is 72.3 Å². The number of ether oxygens (including phenoxy) is 2. The average molecular weight is 510 g/mol. The maximum atomic E-state index is 14.2. The molecule has 0 N–H and O–H groups in total. The van der Waals surface area contributed by atoms with Crippen LogP contribution in [-0.4, -0.2) is 26.1 Å². The van der Waals surface area contributed by atoms with Gasteiger partial charge in [0.1, 0.15) is 5.75 Å². The minimum Gasteiger partial charge on any atom is -0.496 e. The van der Waals surface area contributed by atoms with E-state index in [4.69, 9.17) is 21.1 Å². The molecule has 0 spiro atoms. The molecule has 1 aliphatic heterocycles. The molecule has 0 aromatic heterocycles. The number of esters is 1. The predicted molar refractivity (Wildman–Crippen MR) is 146 cm³/mol. The van der Waals surface area contributed by atoms with Gasteiger partial charge in [0.15, 0.2) is 0 Å². The SMILES string of the molecule is COC(=O)c1cccc(CN2C(=O)C(=C(c3ccc(Cl)cc3)c3ccccc3OC)c3ccccc32)c1. The summed E-state index contributed by atoms with van der Waals surface area (Å²) >= 11 is 6.20. The summed E-state index contributed by atoms with van der Waals surface area (Å²) in [4.78, 5) is 28.0. The molecule has 1 amide bonds. The number of carbonyl (C=O) groups is 2. The van der Waals surface area contributed by atoms with Crippen LogP contribution in [0.15, 0.2) is 97.1 Å². The molecule has 37 heavy (non-hydrogen) atoms. The monoisotopic (exact) mass is 509 g/mol. The summed E-state index contributed by atoms with van der Waals surface area (Å²) in [5.74, 6) is 0.103. The summed E-state index contributed by atoms with van der Waals surface area (Å²) in [6.07, 6.45) is 0. The molecule has 0 atom stereocenters. The molecule has 5 nitrogen and oxygen atoms in total. The fourth-order valence-electron chi connectivity index (χ4n) is 4.68. The number of methoxy groups -OCH3 is 2. The minimum atomic E-state index is -0.420. The molecule has 0 radical (unpaired) electrons. The second-order valence-corrected chi connectivity index (χ2v) is 8.99. The molecule has 0 unspecified atom stereocenters. The van der Waals surface area contributed by atoms with Crippen molar-refractivity contribution in [2.75, 3.05) is 19.1 Å². The molecule has 4 aromatic carbocycles. The normalized spacial score (nSPS) is 13.8. The van der Waals surface area contributed by atoms with Crippen molar-refractivity contribution in [3.8, 4) is 5.75 Å². The van der Waals surface area contributed by atoms with Crippen molar-refractivity contribution in [1.82, 2.24) is 0 Å². The van der Waals surface area contributed by atoms with Crippen molar-refractivity contribution in [2.24, 2.45) is 0 Å². The Morgan fingerprint density at radius 2 is 1.57 bits per heavy atom. The Labute approximate surface area is 220 Å². The Bertz CT molecular complexity index is 1520. The van der Waals surface area contributed by atoms with Crippen LogP contribution < -0.4 is 9.64 Å². The van der Waals surface area contributed by atoms with Crippen LogP contribution in [0.5, 0.6) is 5.75 Å². The Morgan fingerprint density at radius 3 is 2.32 bits per heavy atom. The van der Waals surface area contributed by atoms with Gasteiger partial charge in [0.2, 0.25) is 0 Å². The van der Waals surface area contributed by atoms with Crippen LogP contribution in [-0.2, 0) is 16.1 Å². The first-order chi connectivity index (χ1) is 18.0. The molecule has 6 heteroatoms. The summed E-state index contributed by atoms with van der Waals surface area (Å²) in [7, 11) is 2.97. The smallest absolute Gasteiger partial charge is 0.337 e. The fourth-order valence-corrected chi connectivity index (χ4v) is 4.80. The molecule has 0 aliphatic carbocycles. The summed E-state index contributed by atoms with van der Waals surface area (Å²) < 4.78 is 10.6. The van der Waals surface area contributed by atoms with E-state index in [2.05, 4.69) is 0 Å². The first-order valence-electron chi connectivity index (χ1n) is 11.7. The maximum Gasteiger partial charge on any atom is 0.337 e. The highest BCUT2D eigenvalue weighted by Gasteiger charge is 2.35. The summed E-state index contributed by atoms with van der Waals surface area (Å²) in [6.45, 7) is 0.296. The maximum absolute atomic E-state index is 14.2. The number of halogens is 1. The van der Waals surface area contributed by atoms with Crippen LogP contribution in [0.25, 0.3) is 11.1 Å². The molecule has 1 heterocycles. The predicted octanol–water partition coefficient (Wildman–Crippen LogP) is 6.64. The molecule has 1 aliphatic rings. The lowest BCUT2D eigenvalue weighted by Crippen LogP contribution is -2.26. The number of hydrogen-bond acceptors (Lipinski definition) is 4. The second kappa shape index (κ2) is 10.3. The van der Waals surface area contributed by atoms with Crippen LogP contribution in [0.4, 0.5) is 5.69 Å². The number of rotatable bonds is 6. The van der Waals surface area contributed by atoms with Gasteiger partial charge in [0.25, 0.3) is 5.91 Å². The van der Waals surface area contributed by atoms with Gasteiger partial charge in [0.05, 0.1) is 37.6 Å². The zero-order valence-electron chi connectivity index (χ0n) is 20.4. The number of para-hydroxylation sites is 2. The molecule has 0 saturated heterocycles. The van der Waals surface area contributed by atoms with Gasteiger partial charge in [-0.05, 0) is 47.5 Å². The van der Waals surface area contributed by atoms with Crippen LogP contribution in [0, 0.1) is 0 Å². The van der Waals surface area contributed by atoms with Crippen molar-refractivity contribution < 1.29 is 19.1 Å². The van der Waals surface area contributed by atoms with Crippen molar-refractivity contribution in [1.29, 1.82) is 0 Å². The number of anilines is 1. The van der Waals surface area contributed by atoms with Crippen LogP contribution in [0.2, 0.25) is 5.02 Å². The quantitative estimate of drug-likeness (QED) is 0.216. The number of carbonyl (C=O) groups excluding carboxylic acids is 2. The third-order valence-electron chi connectivity index (χ3n) is 6.37. The first-order valence-corrected chi connectivity index (χ1v) is 12.1. The van der Waals surface area contributed by atoms with Crippen molar-refractivity contribution in [3.63, 3.8) is 0 Å². The van der Waals surface area contributed by atoms with E-state index in [1.807, 2.05) is 78.9 Å². The van der Waals surface area contributed by atoms with Gasteiger partial charge in [0, 0.05) is 21.7 Å². The zero-order chi connectivity index (χ0) is 25.9. The highest BCUT2D eigenvalue weighted by molar-refractivity contribution is 6.39. The molecule has 0 fully saturated rings. The Balaban J connectivity index is 1.70. The average Bonchev–Trinajstić information content (AvgIpc) is 3.21. The van der Waals surface area contributed by atoms with Gasteiger partial charge < -0.3 is 14.4 Å². The van der Waals surface area contributed by atoms with Gasteiger partial charge in [-0.2, -0.15) is 0 Å². The fraction of sp³-hybridized carbons (Fsp3) is 0.0968. The summed E-state index contributed by atoms with van der Waals surface area (Å²) in [5.41, 5.74) is 5.87. The third-order valence-corrected chi connectivity index (χ3v) is 6.62. The van der Waals surface area contributed by atoms with Gasteiger partial charge >= 0.3 is 5.97 Å². The van der Waals surface area contributed by atoms with E-state index in [1.165, 1.54) is 7.11 Å². The Morgan fingerprint density at radius 1 is 0.838 bits per heavy atom. The minimum absolute atomic E-state index is 0.138. The van der Waals surface area contributed by atoms with E-state index < -0.39 is 5.97 Å². The van der Waals surface area contributed by atoms with E-state index in [-0.39, 0.29) is 5.91 Å². The summed E-state index contributed by atoms with van der Waals surface area (Å²) in [5, 5.41) is 0.610. The van der Waals surface area contributed by atoms with Crippen molar-refractivity contribution in [2.45, 2.75) is 6.54 Å². The molecular formula is C31H24ClNO4.